The molecule has 10 heteroatoms. The average molecular weight is 437 g/mol. The van der Waals surface area contributed by atoms with E-state index in [-0.39, 0.29) is 22.7 Å². The van der Waals surface area contributed by atoms with Crippen LogP contribution in [0.25, 0.3) is 0 Å². The lowest BCUT2D eigenvalue weighted by Crippen LogP contribution is -2.38. The van der Waals surface area contributed by atoms with E-state index in [1.165, 1.54) is 17.0 Å². The number of thiocarbonyl (C=S) groups is 1. The lowest BCUT2D eigenvalue weighted by Gasteiger charge is -2.28. The fourth-order valence-corrected chi connectivity index (χ4v) is 4.22. The summed E-state index contributed by atoms with van der Waals surface area (Å²) in [5.74, 6) is -2.92. The van der Waals surface area contributed by atoms with Crippen LogP contribution in [0.3, 0.4) is 0 Å². The van der Waals surface area contributed by atoms with E-state index in [1.54, 1.807) is 6.07 Å². The molecule has 4 rings (SSSR count). The summed E-state index contributed by atoms with van der Waals surface area (Å²) in [4.78, 5) is 31.8. The number of fused-ring (bicyclic) bond motifs is 1. The lowest BCUT2D eigenvalue weighted by atomic mass is 10.0. The van der Waals surface area contributed by atoms with Crippen molar-refractivity contribution in [3.05, 3.63) is 52.8 Å². The molecule has 1 aromatic heterocycles. The molecule has 2 saturated heterocycles. The zero-order valence-corrected chi connectivity index (χ0v) is 16.6. The average Bonchev–Trinajstić information content (AvgIpc) is 2.93. The first-order valence-electron chi connectivity index (χ1n) is 8.93. The number of hydrogen-bond donors (Lipinski definition) is 1. The molecule has 0 bridgehead atoms. The van der Waals surface area contributed by atoms with Crippen molar-refractivity contribution in [3.63, 3.8) is 0 Å². The molecule has 2 aromatic rings. The first-order valence-corrected chi connectivity index (χ1v) is 9.72. The molecule has 1 aromatic carbocycles. The van der Waals surface area contributed by atoms with Gasteiger partial charge in [0.15, 0.2) is 16.6 Å². The molecule has 2 fully saturated rings. The van der Waals surface area contributed by atoms with E-state index in [0.717, 1.165) is 32.0 Å². The molecule has 2 amide bonds. The van der Waals surface area contributed by atoms with E-state index < -0.39 is 23.2 Å². The summed E-state index contributed by atoms with van der Waals surface area (Å²) in [5.41, 5.74) is 0.143. The van der Waals surface area contributed by atoms with Gasteiger partial charge in [0.25, 0.3) is 11.8 Å². The molecule has 0 radical (unpaired) electrons. The molecule has 0 aliphatic carbocycles. The molecule has 1 atom stereocenters. The Kier molecular flexibility index (Phi) is 5.18. The van der Waals surface area contributed by atoms with Gasteiger partial charge >= 0.3 is 0 Å². The fraction of sp³-hybridized carbons (Fsp3) is 0.263. The predicted octanol–water partition coefficient (Wildman–Crippen LogP) is 3.75. The van der Waals surface area contributed by atoms with Crippen molar-refractivity contribution in [2.45, 2.75) is 25.3 Å². The summed E-state index contributed by atoms with van der Waals surface area (Å²) in [7, 11) is 0. The molecule has 150 valence electrons. The van der Waals surface area contributed by atoms with Crippen molar-refractivity contribution >= 4 is 52.1 Å². The first-order chi connectivity index (χ1) is 13.9. The van der Waals surface area contributed by atoms with Gasteiger partial charge in [0.1, 0.15) is 11.9 Å². The van der Waals surface area contributed by atoms with Crippen molar-refractivity contribution in [2.24, 2.45) is 0 Å². The normalized spacial score (nSPS) is 18.8. The van der Waals surface area contributed by atoms with Gasteiger partial charge in [-0.05, 0) is 49.7 Å². The highest BCUT2D eigenvalue weighted by Crippen LogP contribution is 2.36. The van der Waals surface area contributed by atoms with Crippen LogP contribution in [0.15, 0.2) is 30.5 Å². The highest BCUT2D eigenvalue weighted by molar-refractivity contribution is 7.80. The zero-order valence-electron chi connectivity index (χ0n) is 15.0. The predicted molar refractivity (Wildman–Crippen MR) is 108 cm³/mol. The van der Waals surface area contributed by atoms with Crippen LogP contribution in [0.2, 0.25) is 5.02 Å². The van der Waals surface area contributed by atoms with Crippen LogP contribution < -0.4 is 10.2 Å². The number of carbonyl (C=O) groups is 2. The van der Waals surface area contributed by atoms with E-state index in [2.05, 4.69) is 10.3 Å². The van der Waals surface area contributed by atoms with Gasteiger partial charge in [0.05, 0.1) is 16.9 Å². The minimum atomic E-state index is -1.07. The molecule has 6 nitrogen and oxygen atoms in total. The lowest BCUT2D eigenvalue weighted by molar-refractivity contribution is -0.120. The topological polar surface area (TPSA) is 65.5 Å². The van der Waals surface area contributed by atoms with Crippen LogP contribution in [-0.2, 0) is 4.79 Å². The van der Waals surface area contributed by atoms with E-state index in [9.17, 15) is 18.4 Å². The minimum Gasteiger partial charge on any atom is -0.336 e. The van der Waals surface area contributed by atoms with Crippen LogP contribution in [0.4, 0.5) is 20.2 Å². The zero-order chi connectivity index (χ0) is 20.7. The standard InChI is InChI=1S/C19H15ClF2N4O2S/c20-12-8-11(24-17(27)16-13(22)7-10(21)9-23-16)4-5-14(12)26-18(28)15-3-1-2-6-25(15)19(26)29/h4-5,7-9,15H,1-3,6H2,(H,24,27). The van der Waals surface area contributed by atoms with Gasteiger partial charge in [-0.15, -0.1) is 0 Å². The Morgan fingerprint density at radius 2 is 2.07 bits per heavy atom. The molecule has 2 aliphatic heterocycles. The number of halogens is 3. The van der Waals surface area contributed by atoms with Crippen molar-refractivity contribution in [3.8, 4) is 0 Å². The second-order valence-corrected chi connectivity index (χ2v) is 7.54. The van der Waals surface area contributed by atoms with Crippen molar-refractivity contribution in [2.75, 3.05) is 16.8 Å². The number of amides is 2. The van der Waals surface area contributed by atoms with Gasteiger partial charge in [0.2, 0.25) is 0 Å². The maximum Gasteiger partial charge on any atom is 0.277 e. The van der Waals surface area contributed by atoms with Crippen LogP contribution >= 0.6 is 23.8 Å². The van der Waals surface area contributed by atoms with Gasteiger partial charge in [-0.2, -0.15) is 0 Å². The van der Waals surface area contributed by atoms with Gasteiger partial charge in [-0.1, -0.05) is 11.6 Å². The third-order valence-corrected chi connectivity index (χ3v) is 5.63. The van der Waals surface area contributed by atoms with E-state index in [4.69, 9.17) is 23.8 Å². The maximum atomic E-state index is 13.7. The molecule has 1 unspecified atom stereocenters. The molecule has 0 saturated carbocycles. The smallest absolute Gasteiger partial charge is 0.277 e. The van der Waals surface area contributed by atoms with Crippen molar-refractivity contribution < 1.29 is 18.4 Å². The summed E-state index contributed by atoms with van der Waals surface area (Å²) in [5, 5.41) is 3.07. The van der Waals surface area contributed by atoms with E-state index >= 15 is 0 Å². The Hall–Kier alpha value is -2.65. The van der Waals surface area contributed by atoms with E-state index in [0.29, 0.717) is 16.9 Å². The summed E-state index contributed by atoms with van der Waals surface area (Å²) >= 11 is 11.8. The number of anilines is 2. The third kappa shape index (κ3) is 3.56. The Morgan fingerprint density at radius 3 is 2.76 bits per heavy atom. The number of carbonyl (C=O) groups excluding carboxylic acids is 2. The summed E-state index contributed by atoms with van der Waals surface area (Å²) in [6.07, 6.45) is 3.45. The first kappa shape index (κ1) is 19.7. The number of benzene rings is 1. The monoisotopic (exact) mass is 436 g/mol. The SMILES string of the molecule is O=C(Nc1ccc(N2C(=O)C3CCCCN3C2=S)c(Cl)c1)c1ncc(F)cc1F. The molecular weight excluding hydrogens is 422 g/mol. The molecule has 1 N–H and O–H groups in total. The number of piperidine rings is 1. The second kappa shape index (κ2) is 7.64. The van der Waals surface area contributed by atoms with Crippen LogP contribution in [0, 0.1) is 11.6 Å². The third-order valence-electron chi connectivity index (χ3n) is 4.91. The largest absolute Gasteiger partial charge is 0.336 e. The van der Waals surface area contributed by atoms with Crippen LogP contribution in [-0.4, -0.2) is 39.4 Å². The molecule has 29 heavy (non-hydrogen) atoms. The van der Waals surface area contributed by atoms with Gasteiger partial charge in [-0.3, -0.25) is 14.5 Å². The molecular formula is C19H15ClF2N4O2S. The second-order valence-electron chi connectivity index (χ2n) is 6.77. The maximum absolute atomic E-state index is 13.7. The van der Waals surface area contributed by atoms with Gasteiger partial charge < -0.3 is 10.2 Å². The molecule has 2 aliphatic rings. The number of rotatable bonds is 3. The summed E-state index contributed by atoms with van der Waals surface area (Å²) < 4.78 is 26.7. The summed E-state index contributed by atoms with van der Waals surface area (Å²) in [6, 6.07) is 4.83. The van der Waals surface area contributed by atoms with Crippen LogP contribution in [0.5, 0.6) is 0 Å². The van der Waals surface area contributed by atoms with Gasteiger partial charge in [0, 0.05) is 18.3 Å². The Balaban J connectivity index is 1.56. The number of hydrogen-bond acceptors (Lipinski definition) is 4. The van der Waals surface area contributed by atoms with Gasteiger partial charge in [-0.25, -0.2) is 13.8 Å². The molecule has 0 spiro atoms. The molecule has 3 heterocycles. The number of nitrogens with one attached hydrogen (secondary N) is 1. The highest BCUT2D eigenvalue weighted by Gasteiger charge is 2.44. The van der Waals surface area contributed by atoms with Crippen molar-refractivity contribution in [1.29, 1.82) is 0 Å². The Labute approximate surface area is 175 Å². The quantitative estimate of drug-likeness (QED) is 0.742. The highest BCUT2D eigenvalue weighted by atomic mass is 35.5. The van der Waals surface area contributed by atoms with Crippen LogP contribution in [0.1, 0.15) is 29.8 Å². The minimum absolute atomic E-state index is 0.119. The Morgan fingerprint density at radius 1 is 1.28 bits per heavy atom. The Bertz CT molecular complexity index is 1010. The number of aromatic nitrogens is 1. The fourth-order valence-electron chi connectivity index (χ4n) is 3.55. The number of pyridine rings is 1. The number of nitrogens with zero attached hydrogens (tertiary/aromatic N) is 3. The van der Waals surface area contributed by atoms with Crippen molar-refractivity contribution in [1.82, 2.24) is 9.88 Å². The summed E-state index contributed by atoms with van der Waals surface area (Å²) in [6.45, 7) is 0.730. The van der Waals surface area contributed by atoms with E-state index in [1.807, 2.05) is 4.90 Å².